The Morgan fingerprint density at radius 1 is 0.720 bits per heavy atom. The number of para-hydroxylation sites is 3. The standard InChI is InChI=1S/C46H45N3O/c1-27(2)35-23-31(30-17-19-37-38(25-30)46(7,8)21-20-45(37,5)6)24-36(28(3)4)42(35)49-40-15-10-9-14-39(40)48-44(49)34-13-11-12-33-32-18-16-29(26-47)22-41(32)50-43(33)34/h9-19,22-25,27-28H,20-21H2,1-8H3. The maximum Gasteiger partial charge on any atom is 0.149 e. The number of rotatable bonds is 5. The number of nitriles is 1. The van der Waals surface area contributed by atoms with Crippen LogP contribution < -0.4 is 0 Å². The molecule has 0 unspecified atom stereocenters. The fraction of sp³-hybridized carbons (Fsp3) is 0.304. The topological polar surface area (TPSA) is 54.8 Å². The predicted molar refractivity (Wildman–Crippen MR) is 207 cm³/mol. The molecular formula is C46H45N3O. The zero-order valence-electron chi connectivity index (χ0n) is 30.5. The molecule has 2 heterocycles. The van der Waals surface area contributed by atoms with E-state index in [0.717, 1.165) is 38.8 Å². The van der Waals surface area contributed by atoms with Gasteiger partial charge < -0.3 is 4.42 Å². The Morgan fingerprint density at radius 3 is 2.12 bits per heavy atom. The molecule has 1 aliphatic carbocycles. The summed E-state index contributed by atoms with van der Waals surface area (Å²) in [4.78, 5) is 5.32. The molecule has 50 heavy (non-hydrogen) atoms. The summed E-state index contributed by atoms with van der Waals surface area (Å²) < 4.78 is 8.95. The minimum Gasteiger partial charge on any atom is -0.455 e. The van der Waals surface area contributed by atoms with Gasteiger partial charge in [0, 0.05) is 10.8 Å². The van der Waals surface area contributed by atoms with E-state index in [1.807, 2.05) is 18.2 Å². The Hall–Kier alpha value is -5.14. The zero-order chi connectivity index (χ0) is 35.1. The van der Waals surface area contributed by atoms with Crippen molar-refractivity contribution in [1.82, 2.24) is 9.55 Å². The maximum atomic E-state index is 9.57. The van der Waals surface area contributed by atoms with Crippen molar-refractivity contribution in [2.75, 3.05) is 0 Å². The summed E-state index contributed by atoms with van der Waals surface area (Å²) in [5, 5.41) is 11.6. The quantitative estimate of drug-likeness (QED) is 0.185. The van der Waals surface area contributed by atoms with Crippen LogP contribution in [0.3, 0.4) is 0 Å². The van der Waals surface area contributed by atoms with Gasteiger partial charge in [0.2, 0.25) is 0 Å². The number of benzene rings is 5. The summed E-state index contributed by atoms with van der Waals surface area (Å²) in [5.41, 5.74) is 14.6. The van der Waals surface area contributed by atoms with Crippen molar-refractivity contribution in [3.05, 3.63) is 119 Å². The Bertz CT molecular complexity index is 2480. The fourth-order valence-electron chi connectivity index (χ4n) is 8.23. The molecule has 0 fully saturated rings. The van der Waals surface area contributed by atoms with Crippen LogP contribution in [0, 0.1) is 11.3 Å². The molecule has 4 nitrogen and oxygen atoms in total. The second-order valence-corrected chi connectivity index (χ2v) is 16.2. The van der Waals surface area contributed by atoms with E-state index in [2.05, 4.69) is 139 Å². The first-order valence-corrected chi connectivity index (χ1v) is 18.0. The summed E-state index contributed by atoms with van der Waals surface area (Å²) in [6.07, 6.45) is 2.40. The van der Waals surface area contributed by atoms with Crippen molar-refractivity contribution in [3.63, 3.8) is 0 Å². The van der Waals surface area contributed by atoms with Crippen molar-refractivity contribution in [1.29, 1.82) is 5.26 Å². The number of fused-ring (bicyclic) bond motifs is 5. The Morgan fingerprint density at radius 2 is 1.42 bits per heavy atom. The van der Waals surface area contributed by atoms with Gasteiger partial charge in [-0.25, -0.2) is 4.98 Å². The molecule has 0 radical (unpaired) electrons. The van der Waals surface area contributed by atoms with E-state index < -0.39 is 0 Å². The second kappa shape index (κ2) is 11.5. The van der Waals surface area contributed by atoms with Crippen LogP contribution in [0.1, 0.15) is 108 Å². The van der Waals surface area contributed by atoms with Gasteiger partial charge >= 0.3 is 0 Å². The molecule has 0 bridgehead atoms. The van der Waals surface area contributed by atoms with Gasteiger partial charge in [0.1, 0.15) is 17.0 Å². The number of hydrogen-bond donors (Lipinski definition) is 0. The van der Waals surface area contributed by atoms with E-state index in [0.29, 0.717) is 11.1 Å². The average molecular weight is 656 g/mol. The highest BCUT2D eigenvalue weighted by atomic mass is 16.3. The summed E-state index contributed by atoms with van der Waals surface area (Å²) in [5.74, 6) is 1.37. The van der Waals surface area contributed by atoms with Gasteiger partial charge in [-0.1, -0.05) is 97.9 Å². The van der Waals surface area contributed by atoms with Crippen LogP contribution in [0.5, 0.6) is 0 Å². The van der Waals surface area contributed by atoms with Crippen LogP contribution in [0.15, 0.2) is 95.4 Å². The molecule has 0 aliphatic heterocycles. The summed E-state index contributed by atoms with van der Waals surface area (Å²) >= 11 is 0. The molecule has 0 amide bonds. The van der Waals surface area contributed by atoms with Crippen LogP contribution in [0.25, 0.3) is 61.2 Å². The van der Waals surface area contributed by atoms with Crippen LogP contribution in [0.4, 0.5) is 0 Å². The molecule has 0 atom stereocenters. The van der Waals surface area contributed by atoms with E-state index in [-0.39, 0.29) is 22.7 Å². The van der Waals surface area contributed by atoms with Gasteiger partial charge in [-0.15, -0.1) is 0 Å². The van der Waals surface area contributed by atoms with Crippen molar-refractivity contribution < 1.29 is 4.42 Å². The summed E-state index contributed by atoms with van der Waals surface area (Å²) in [6.45, 7) is 18.8. The second-order valence-electron chi connectivity index (χ2n) is 16.2. The van der Waals surface area contributed by atoms with Gasteiger partial charge in [-0.3, -0.25) is 4.57 Å². The van der Waals surface area contributed by atoms with Crippen LogP contribution in [0.2, 0.25) is 0 Å². The fourth-order valence-corrected chi connectivity index (χ4v) is 8.23. The number of imidazole rings is 1. The first-order chi connectivity index (χ1) is 23.9. The van der Waals surface area contributed by atoms with Crippen molar-refractivity contribution in [2.24, 2.45) is 0 Å². The van der Waals surface area contributed by atoms with Crippen molar-refractivity contribution >= 4 is 33.0 Å². The largest absolute Gasteiger partial charge is 0.455 e. The summed E-state index contributed by atoms with van der Waals surface area (Å²) in [7, 11) is 0. The number of hydrogen-bond acceptors (Lipinski definition) is 3. The Kier molecular flexibility index (Phi) is 7.35. The van der Waals surface area contributed by atoms with Gasteiger partial charge in [-0.05, 0) is 117 Å². The Balaban J connectivity index is 1.40. The third-order valence-corrected chi connectivity index (χ3v) is 11.3. The molecule has 7 aromatic rings. The molecule has 5 aromatic carbocycles. The third kappa shape index (κ3) is 4.98. The predicted octanol–water partition coefficient (Wildman–Crippen LogP) is 12.7. The van der Waals surface area contributed by atoms with Crippen LogP contribution in [-0.4, -0.2) is 9.55 Å². The number of nitrogens with zero attached hydrogens (tertiary/aromatic N) is 3. The van der Waals surface area contributed by atoms with Gasteiger partial charge in [-0.2, -0.15) is 5.26 Å². The van der Waals surface area contributed by atoms with Gasteiger partial charge in [0.25, 0.3) is 0 Å². The number of aromatic nitrogens is 2. The highest BCUT2D eigenvalue weighted by Crippen LogP contribution is 2.48. The third-order valence-electron chi connectivity index (χ3n) is 11.3. The number of furan rings is 1. The minimum absolute atomic E-state index is 0.140. The Labute approximate surface area is 295 Å². The molecule has 8 rings (SSSR count). The van der Waals surface area contributed by atoms with Crippen LogP contribution >= 0.6 is 0 Å². The van der Waals surface area contributed by atoms with Crippen molar-refractivity contribution in [2.45, 2.75) is 90.9 Å². The molecule has 2 aromatic heterocycles. The van der Waals surface area contributed by atoms with Gasteiger partial charge in [0.05, 0.1) is 33.9 Å². The average Bonchev–Trinajstić information content (AvgIpc) is 3.67. The SMILES string of the molecule is CC(C)c1cc(-c2ccc3c(c2)C(C)(C)CCC3(C)C)cc(C(C)C)c1-n1c(-c2cccc3c2oc2cc(C#N)ccc23)nc2ccccc21. The molecule has 0 N–H and O–H groups in total. The first-order valence-electron chi connectivity index (χ1n) is 18.0. The monoisotopic (exact) mass is 655 g/mol. The lowest BCUT2D eigenvalue weighted by molar-refractivity contribution is 0.332. The van der Waals surface area contributed by atoms with E-state index in [1.54, 1.807) is 0 Å². The van der Waals surface area contributed by atoms with E-state index >= 15 is 0 Å². The van der Waals surface area contributed by atoms with Gasteiger partial charge in [0.15, 0.2) is 0 Å². The first kappa shape index (κ1) is 32.1. The van der Waals surface area contributed by atoms with E-state index in [4.69, 9.17) is 9.40 Å². The zero-order valence-corrected chi connectivity index (χ0v) is 30.5. The highest BCUT2D eigenvalue weighted by molar-refractivity contribution is 6.09. The van der Waals surface area contributed by atoms with Crippen molar-refractivity contribution in [3.8, 4) is 34.3 Å². The highest BCUT2D eigenvalue weighted by Gasteiger charge is 2.37. The molecule has 0 saturated heterocycles. The smallest absolute Gasteiger partial charge is 0.149 e. The maximum absolute atomic E-state index is 9.57. The lowest BCUT2D eigenvalue weighted by Crippen LogP contribution is -2.33. The normalized spacial score (nSPS) is 15.3. The van der Waals surface area contributed by atoms with E-state index in [1.165, 1.54) is 51.9 Å². The summed E-state index contributed by atoms with van der Waals surface area (Å²) in [6, 6.07) is 34.8. The molecule has 4 heteroatoms. The minimum atomic E-state index is 0.140. The molecule has 1 aliphatic rings. The molecule has 0 saturated carbocycles. The lowest BCUT2D eigenvalue weighted by Gasteiger charge is -2.42. The molecule has 0 spiro atoms. The van der Waals surface area contributed by atoms with Crippen LogP contribution in [-0.2, 0) is 10.8 Å². The molecular weight excluding hydrogens is 611 g/mol. The molecule has 250 valence electrons. The lowest BCUT2D eigenvalue weighted by atomic mass is 9.63. The van der Waals surface area contributed by atoms with E-state index in [9.17, 15) is 5.26 Å².